The molecule has 6 heteroatoms. The van der Waals surface area contributed by atoms with Gasteiger partial charge < -0.3 is 4.90 Å². The topological polar surface area (TPSA) is 70.8 Å². The fourth-order valence-corrected chi connectivity index (χ4v) is 2.36. The first-order valence-corrected chi connectivity index (χ1v) is 6.50. The number of anilines is 1. The van der Waals surface area contributed by atoms with E-state index in [9.17, 15) is 4.79 Å². The molecule has 1 amide bonds. The molecule has 1 saturated heterocycles. The average molecular weight is 257 g/mol. The van der Waals surface area contributed by atoms with E-state index < -0.39 is 0 Å². The van der Waals surface area contributed by atoms with Gasteiger partial charge in [-0.1, -0.05) is 0 Å². The van der Waals surface area contributed by atoms with E-state index in [1.807, 2.05) is 6.92 Å². The van der Waals surface area contributed by atoms with Gasteiger partial charge >= 0.3 is 0 Å². The van der Waals surface area contributed by atoms with Gasteiger partial charge in [-0.2, -0.15) is 0 Å². The highest BCUT2D eigenvalue weighted by atomic mass is 16.1. The summed E-state index contributed by atoms with van der Waals surface area (Å²) in [5, 5.41) is 7.31. The van der Waals surface area contributed by atoms with E-state index in [4.69, 9.17) is 0 Å². The van der Waals surface area contributed by atoms with Gasteiger partial charge in [-0.15, -0.1) is 10.2 Å². The summed E-state index contributed by atoms with van der Waals surface area (Å²) in [5.74, 6) is 0.442. The number of hydrogen-bond acceptors (Lipinski definition) is 5. The van der Waals surface area contributed by atoms with Crippen LogP contribution in [-0.2, 0) is 4.79 Å². The monoisotopic (exact) mass is 257 g/mol. The van der Waals surface area contributed by atoms with Crippen LogP contribution in [0.1, 0.15) is 30.5 Å². The molecule has 2 aliphatic rings. The first-order valence-electron chi connectivity index (χ1n) is 6.50. The number of amides is 1. The van der Waals surface area contributed by atoms with Crippen molar-refractivity contribution >= 4 is 17.6 Å². The predicted octanol–water partition coefficient (Wildman–Crippen LogP) is 2.11. The van der Waals surface area contributed by atoms with Crippen molar-refractivity contribution in [2.24, 2.45) is 10.2 Å². The Balaban J connectivity index is 1.87. The molecular weight excluding hydrogens is 242 g/mol. The number of aryl methyl sites for hydroxylation is 1. The minimum absolute atomic E-state index is 0.325. The molecule has 3 rings (SSSR count). The summed E-state index contributed by atoms with van der Waals surface area (Å²) < 4.78 is 0. The van der Waals surface area contributed by atoms with Crippen LogP contribution in [0, 0.1) is 6.92 Å². The Kier molecular flexibility index (Phi) is 3.06. The molecule has 0 radical (unpaired) electrons. The zero-order valence-corrected chi connectivity index (χ0v) is 10.8. The van der Waals surface area contributed by atoms with Crippen molar-refractivity contribution in [3.8, 4) is 0 Å². The Morgan fingerprint density at radius 2 is 1.95 bits per heavy atom. The molecule has 0 N–H and O–H groups in total. The quantitative estimate of drug-likeness (QED) is 0.813. The molecule has 0 spiro atoms. The van der Waals surface area contributed by atoms with Gasteiger partial charge in [0.2, 0.25) is 5.95 Å². The van der Waals surface area contributed by atoms with Gasteiger partial charge in [-0.25, -0.2) is 9.97 Å². The summed E-state index contributed by atoms with van der Waals surface area (Å²) >= 11 is 0. The largest absolute Gasteiger partial charge is 0.341 e. The van der Waals surface area contributed by atoms with Gasteiger partial charge in [-0.05, 0) is 26.2 Å². The normalized spacial score (nSPS) is 18.9. The lowest BCUT2D eigenvalue weighted by Gasteiger charge is -2.26. The van der Waals surface area contributed by atoms with Gasteiger partial charge in [0, 0.05) is 30.9 Å². The van der Waals surface area contributed by atoms with Crippen molar-refractivity contribution in [3.05, 3.63) is 23.5 Å². The smallest absolute Gasteiger partial charge is 0.290 e. The molecule has 98 valence electrons. The second-order valence-corrected chi connectivity index (χ2v) is 4.78. The van der Waals surface area contributed by atoms with Crippen LogP contribution in [0.25, 0.3) is 5.70 Å². The molecule has 0 aliphatic carbocycles. The summed E-state index contributed by atoms with van der Waals surface area (Å²) in [6.45, 7) is 3.93. The van der Waals surface area contributed by atoms with Gasteiger partial charge in [0.15, 0.2) is 0 Å². The molecular formula is C13H15N5O. The average Bonchev–Trinajstić information content (AvgIpc) is 2.86. The number of carbonyl (C=O) groups is 1. The maximum atomic E-state index is 11.1. The van der Waals surface area contributed by atoms with Crippen molar-refractivity contribution in [2.75, 3.05) is 18.0 Å². The van der Waals surface area contributed by atoms with Crippen molar-refractivity contribution in [2.45, 2.75) is 26.2 Å². The Labute approximate surface area is 111 Å². The molecule has 0 aromatic carbocycles. The maximum absolute atomic E-state index is 11.1. The summed E-state index contributed by atoms with van der Waals surface area (Å²) in [6, 6.07) is 0. The second kappa shape index (κ2) is 4.87. The number of hydrogen-bond donors (Lipinski definition) is 0. The fraction of sp³-hybridized carbons (Fsp3) is 0.462. The number of carbonyl (C=O) groups excluding carboxylic acids is 1. The Morgan fingerprint density at radius 1 is 1.16 bits per heavy atom. The third-order valence-corrected chi connectivity index (χ3v) is 3.40. The number of piperidine rings is 1. The van der Waals surface area contributed by atoms with Gasteiger partial charge in [-0.3, -0.25) is 4.79 Å². The van der Waals surface area contributed by atoms with Crippen molar-refractivity contribution in [1.82, 2.24) is 9.97 Å². The summed E-state index contributed by atoms with van der Waals surface area (Å²) in [7, 11) is 0. The predicted molar refractivity (Wildman–Crippen MR) is 70.7 cm³/mol. The molecule has 3 heterocycles. The van der Waals surface area contributed by atoms with E-state index in [2.05, 4.69) is 25.1 Å². The van der Waals surface area contributed by atoms with E-state index >= 15 is 0 Å². The van der Waals surface area contributed by atoms with Gasteiger partial charge in [0.1, 0.15) is 5.70 Å². The van der Waals surface area contributed by atoms with Crippen LogP contribution >= 0.6 is 0 Å². The standard InChI is InChI=1S/C13H15N5O/c1-9-10(11-7-12(19)17-16-11)8-14-13(15-9)18-5-3-2-4-6-18/h7-8H,2-6H2,1H3. The minimum Gasteiger partial charge on any atom is -0.341 e. The SMILES string of the molecule is Cc1nc(N2CCCCC2)ncc1C1=CC(=O)N=N1. The van der Waals surface area contributed by atoms with Crippen molar-refractivity contribution in [1.29, 1.82) is 0 Å². The molecule has 19 heavy (non-hydrogen) atoms. The Bertz CT molecular complexity index is 572. The fourth-order valence-electron chi connectivity index (χ4n) is 2.36. The number of aromatic nitrogens is 2. The molecule has 1 aromatic rings. The molecule has 6 nitrogen and oxygen atoms in total. The van der Waals surface area contributed by atoms with Crippen LogP contribution in [0.2, 0.25) is 0 Å². The van der Waals surface area contributed by atoms with Crippen LogP contribution in [0.5, 0.6) is 0 Å². The zero-order valence-electron chi connectivity index (χ0n) is 10.8. The second-order valence-electron chi connectivity index (χ2n) is 4.78. The van der Waals surface area contributed by atoms with Crippen LogP contribution in [0.3, 0.4) is 0 Å². The summed E-state index contributed by atoms with van der Waals surface area (Å²) in [5.41, 5.74) is 2.15. The highest BCUT2D eigenvalue weighted by Gasteiger charge is 2.17. The lowest BCUT2D eigenvalue weighted by molar-refractivity contribution is -0.113. The van der Waals surface area contributed by atoms with Crippen LogP contribution < -0.4 is 4.90 Å². The van der Waals surface area contributed by atoms with E-state index in [-0.39, 0.29) is 5.91 Å². The lowest BCUT2D eigenvalue weighted by Crippen LogP contribution is -2.31. The number of nitrogens with zero attached hydrogens (tertiary/aromatic N) is 5. The Morgan fingerprint density at radius 3 is 2.58 bits per heavy atom. The molecule has 2 aliphatic heterocycles. The van der Waals surface area contributed by atoms with Crippen LogP contribution in [0.15, 0.2) is 22.5 Å². The zero-order chi connectivity index (χ0) is 13.2. The highest BCUT2D eigenvalue weighted by Crippen LogP contribution is 2.24. The molecule has 1 fully saturated rings. The lowest BCUT2D eigenvalue weighted by atomic mass is 10.1. The third-order valence-electron chi connectivity index (χ3n) is 3.40. The van der Waals surface area contributed by atoms with Gasteiger partial charge in [0.05, 0.1) is 5.69 Å². The molecule has 0 saturated carbocycles. The maximum Gasteiger partial charge on any atom is 0.290 e. The third kappa shape index (κ3) is 2.38. The van der Waals surface area contributed by atoms with Gasteiger partial charge in [0.25, 0.3) is 5.91 Å². The first kappa shape index (κ1) is 12.0. The van der Waals surface area contributed by atoms with E-state index in [1.54, 1.807) is 6.20 Å². The van der Waals surface area contributed by atoms with E-state index in [0.29, 0.717) is 5.70 Å². The van der Waals surface area contributed by atoms with E-state index in [1.165, 1.54) is 25.3 Å². The first-order chi connectivity index (χ1) is 9.24. The summed E-state index contributed by atoms with van der Waals surface area (Å²) in [6.07, 6.45) is 6.81. The molecule has 0 atom stereocenters. The van der Waals surface area contributed by atoms with E-state index in [0.717, 1.165) is 30.3 Å². The van der Waals surface area contributed by atoms with Crippen molar-refractivity contribution in [3.63, 3.8) is 0 Å². The Hall–Kier alpha value is -2.11. The van der Waals surface area contributed by atoms with Crippen molar-refractivity contribution < 1.29 is 4.79 Å². The highest BCUT2D eigenvalue weighted by molar-refractivity contribution is 5.98. The number of rotatable bonds is 2. The molecule has 1 aromatic heterocycles. The van der Waals surface area contributed by atoms with Crippen LogP contribution in [0.4, 0.5) is 5.95 Å². The minimum atomic E-state index is -0.325. The molecule has 0 unspecified atom stereocenters. The number of azo groups is 1. The molecule has 0 bridgehead atoms. The summed E-state index contributed by atoms with van der Waals surface area (Å²) in [4.78, 5) is 22.2. The van der Waals surface area contributed by atoms with Crippen LogP contribution in [-0.4, -0.2) is 29.0 Å².